The van der Waals surface area contributed by atoms with Gasteiger partial charge in [0.2, 0.25) is 10.0 Å². The molecule has 0 aliphatic carbocycles. The van der Waals surface area contributed by atoms with Crippen LogP contribution in [0, 0.1) is 0 Å². The van der Waals surface area contributed by atoms with E-state index in [1.165, 1.54) is 37.5 Å². The van der Waals surface area contributed by atoms with Crippen molar-refractivity contribution in [3.05, 3.63) is 63.1 Å². The van der Waals surface area contributed by atoms with Crippen LogP contribution in [0.5, 0.6) is 0 Å². The smallest absolute Gasteiger partial charge is 0.255 e. The van der Waals surface area contributed by atoms with Gasteiger partial charge in [0, 0.05) is 17.6 Å². The van der Waals surface area contributed by atoms with Crippen LogP contribution in [0.25, 0.3) is 0 Å². The molecule has 10 heteroatoms. The van der Waals surface area contributed by atoms with Gasteiger partial charge >= 0.3 is 0 Å². The zero-order valence-corrected chi connectivity index (χ0v) is 16.6. The van der Waals surface area contributed by atoms with Crippen LogP contribution in [-0.2, 0) is 14.8 Å². The minimum absolute atomic E-state index is 0.0337. The molecule has 26 heavy (non-hydrogen) atoms. The van der Waals surface area contributed by atoms with Crippen molar-refractivity contribution in [3.63, 3.8) is 0 Å². The SMILES string of the molecule is CN(CC(=O)N/N=C\c1cccc(Cl)c1Cl)S(=O)(=O)c1ccc(Cl)cc1. The molecule has 6 nitrogen and oxygen atoms in total. The predicted octanol–water partition coefficient (Wildman–Crippen LogP) is 3.42. The Hall–Kier alpha value is -1.64. The first-order valence-electron chi connectivity index (χ1n) is 7.19. The third kappa shape index (κ3) is 5.18. The summed E-state index contributed by atoms with van der Waals surface area (Å²) in [5.41, 5.74) is 2.76. The second kappa shape index (κ2) is 8.83. The van der Waals surface area contributed by atoms with Crippen LogP contribution in [0.1, 0.15) is 5.56 Å². The molecule has 0 aliphatic heterocycles. The van der Waals surface area contributed by atoms with Crippen molar-refractivity contribution in [1.82, 2.24) is 9.73 Å². The summed E-state index contributed by atoms with van der Waals surface area (Å²) in [5.74, 6) is -0.612. The van der Waals surface area contributed by atoms with Gasteiger partial charge in [0.15, 0.2) is 0 Å². The molecule has 0 aliphatic rings. The molecule has 138 valence electrons. The molecule has 0 fully saturated rings. The van der Waals surface area contributed by atoms with E-state index in [4.69, 9.17) is 34.8 Å². The first-order valence-corrected chi connectivity index (χ1v) is 9.77. The number of hydrogen-bond acceptors (Lipinski definition) is 4. The van der Waals surface area contributed by atoms with Gasteiger partial charge in [-0.1, -0.05) is 46.9 Å². The number of nitrogens with one attached hydrogen (secondary N) is 1. The van der Waals surface area contributed by atoms with E-state index in [-0.39, 0.29) is 4.90 Å². The highest BCUT2D eigenvalue weighted by molar-refractivity contribution is 7.89. The van der Waals surface area contributed by atoms with Crippen molar-refractivity contribution in [2.45, 2.75) is 4.90 Å². The van der Waals surface area contributed by atoms with Crippen molar-refractivity contribution in [1.29, 1.82) is 0 Å². The number of hydrazone groups is 1. The molecule has 1 N–H and O–H groups in total. The molecular formula is C16H14Cl3N3O3S. The fourth-order valence-corrected chi connectivity index (χ4v) is 3.51. The number of halogens is 3. The zero-order valence-electron chi connectivity index (χ0n) is 13.5. The first-order chi connectivity index (χ1) is 12.2. The summed E-state index contributed by atoms with van der Waals surface area (Å²) < 4.78 is 25.7. The Bertz CT molecular complexity index is 932. The number of hydrogen-bond donors (Lipinski definition) is 1. The standard InChI is InChI=1S/C16H14Cl3N3O3S/c1-22(26(24,25)13-7-5-12(17)6-8-13)10-15(23)21-20-9-11-3-2-4-14(18)16(11)19/h2-9H,10H2,1H3,(H,21,23)/b20-9-. The van der Waals surface area contributed by atoms with Gasteiger partial charge in [-0.15, -0.1) is 0 Å². The number of nitrogens with zero attached hydrogens (tertiary/aromatic N) is 2. The number of carbonyl (C=O) groups is 1. The molecular weight excluding hydrogens is 421 g/mol. The van der Waals surface area contributed by atoms with Gasteiger partial charge in [-0.25, -0.2) is 13.8 Å². The van der Waals surface area contributed by atoms with E-state index in [2.05, 4.69) is 10.5 Å². The second-order valence-electron chi connectivity index (χ2n) is 5.15. The first kappa shape index (κ1) is 20.7. The van der Waals surface area contributed by atoms with Crippen molar-refractivity contribution in [3.8, 4) is 0 Å². The average molecular weight is 435 g/mol. The maximum absolute atomic E-state index is 12.4. The highest BCUT2D eigenvalue weighted by Gasteiger charge is 2.22. The van der Waals surface area contributed by atoms with Crippen LogP contribution in [0.4, 0.5) is 0 Å². The molecule has 2 rings (SSSR count). The van der Waals surface area contributed by atoms with Crippen molar-refractivity contribution in [2.24, 2.45) is 5.10 Å². The molecule has 0 unspecified atom stereocenters. The lowest BCUT2D eigenvalue weighted by atomic mass is 10.2. The summed E-state index contributed by atoms with van der Waals surface area (Å²) >= 11 is 17.6. The van der Waals surface area contributed by atoms with Crippen LogP contribution in [0.15, 0.2) is 52.5 Å². The van der Waals surface area contributed by atoms with Gasteiger partial charge in [-0.2, -0.15) is 9.41 Å². The van der Waals surface area contributed by atoms with Crippen LogP contribution in [0.2, 0.25) is 15.1 Å². The lowest BCUT2D eigenvalue weighted by molar-refractivity contribution is -0.121. The van der Waals surface area contributed by atoms with Gasteiger partial charge in [0.05, 0.1) is 27.7 Å². The monoisotopic (exact) mass is 433 g/mol. The molecule has 0 bridgehead atoms. The maximum Gasteiger partial charge on any atom is 0.255 e. The van der Waals surface area contributed by atoms with Crippen molar-refractivity contribution >= 4 is 56.9 Å². The van der Waals surface area contributed by atoms with E-state index in [1.54, 1.807) is 18.2 Å². The van der Waals surface area contributed by atoms with Gasteiger partial charge in [0.1, 0.15) is 0 Å². The second-order valence-corrected chi connectivity index (χ2v) is 8.42. The van der Waals surface area contributed by atoms with Gasteiger partial charge in [-0.05, 0) is 30.3 Å². The summed E-state index contributed by atoms with van der Waals surface area (Å²) in [5, 5.41) is 4.83. The lowest BCUT2D eigenvalue weighted by Gasteiger charge is -2.16. The average Bonchev–Trinajstić information content (AvgIpc) is 2.59. The lowest BCUT2D eigenvalue weighted by Crippen LogP contribution is -2.36. The normalized spacial score (nSPS) is 11.9. The van der Waals surface area contributed by atoms with Crippen molar-refractivity contribution in [2.75, 3.05) is 13.6 Å². The third-order valence-corrected chi connectivity index (χ3v) is 6.17. The Morgan fingerprint density at radius 1 is 1.15 bits per heavy atom. The minimum Gasteiger partial charge on any atom is -0.272 e. The molecule has 0 saturated heterocycles. The van der Waals surface area contributed by atoms with Crippen molar-refractivity contribution < 1.29 is 13.2 Å². The summed E-state index contributed by atoms with van der Waals surface area (Å²) in [4.78, 5) is 12.0. The number of rotatable bonds is 6. The summed E-state index contributed by atoms with van der Waals surface area (Å²) in [6, 6.07) is 10.6. The maximum atomic E-state index is 12.4. The zero-order chi connectivity index (χ0) is 19.3. The van der Waals surface area contributed by atoms with E-state index in [1.807, 2.05) is 0 Å². The molecule has 0 aromatic heterocycles. The Labute approximate surface area is 166 Å². The Kier molecular flexibility index (Phi) is 7.02. The largest absolute Gasteiger partial charge is 0.272 e. The van der Waals surface area contributed by atoms with E-state index in [0.29, 0.717) is 20.6 Å². The fourth-order valence-electron chi connectivity index (χ4n) is 1.90. The minimum atomic E-state index is -3.82. The molecule has 0 heterocycles. The van der Waals surface area contributed by atoms with E-state index >= 15 is 0 Å². The molecule has 2 aromatic carbocycles. The van der Waals surface area contributed by atoms with Crippen LogP contribution >= 0.6 is 34.8 Å². The number of carbonyl (C=O) groups excluding carboxylic acids is 1. The molecule has 0 radical (unpaired) electrons. The quantitative estimate of drug-likeness (QED) is 0.559. The number of benzene rings is 2. The predicted molar refractivity (Wildman–Crippen MR) is 103 cm³/mol. The number of amides is 1. The Morgan fingerprint density at radius 2 is 1.81 bits per heavy atom. The molecule has 0 atom stereocenters. The van der Waals surface area contributed by atoms with Crippen LogP contribution < -0.4 is 5.43 Å². The summed E-state index contributed by atoms with van der Waals surface area (Å²) in [6.45, 7) is -0.411. The van der Waals surface area contributed by atoms with E-state index < -0.39 is 22.5 Å². The number of sulfonamides is 1. The highest BCUT2D eigenvalue weighted by atomic mass is 35.5. The summed E-state index contributed by atoms with van der Waals surface area (Å²) in [7, 11) is -2.52. The molecule has 1 amide bonds. The molecule has 0 saturated carbocycles. The van der Waals surface area contributed by atoms with Gasteiger partial charge in [-0.3, -0.25) is 4.79 Å². The molecule has 0 spiro atoms. The van der Waals surface area contributed by atoms with E-state index in [0.717, 1.165) is 4.31 Å². The van der Waals surface area contributed by atoms with Gasteiger partial charge < -0.3 is 0 Å². The number of likely N-dealkylation sites (N-methyl/N-ethyl adjacent to an activating group) is 1. The van der Waals surface area contributed by atoms with Crippen LogP contribution in [0.3, 0.4) is 0 Å². The third-order valence-electron chi connectivity index (χ3n) is 3.26. The van der Waals surface area contributed by atoms with Gasteiger partial charge in [0.25, 0.3) is 5.91 Å². The Morgan fingerprint density at radius 3 is 2.46 bits per heavy atom. The molecule has 2 aromatic rings. The topological polar surface area (TPSA) is 78.8 Å². The Balaban J connectivity index is 1.99. The van der Waals surface area contributed by atoms with E-state index in [9.17, 15) is 13.2 Å². The summed E-state index contributed by atoms with van der Waals surface area (Å²) in [6.07, 6.45) is 1.32. The van der Waals surface area contributed by atoms with Crippen LogP contribution in [-0.4, -0.2) is 38.4 Å². The highest BCUT2D eigenvalue weighted by Crippen LogP contribution is 2.24. The fraction of sp³-hybridized carbons (Fsp3) is 0.125.